The second-order valence-electron chi connectivity index (χ2n) is 7.17. The van der Waals surface area contributed by atoms with E-state index in [-0.39, 0.29) is 5.92 Å². The summed E-state index contributed by atoms with van der Waals surface area (Å²) < 4.78 is 5.43. The van der Waals surface area contributed by atoms with Crippen LogP contribution in [0.1, 0.15) is 45.8 Å². The number of nitriles is 1. The maximum absolute atomic E-state index is 9.43. The first kappa shape index (κ1) is 15.1. The third kappa shape index (κ3) is 3.43. The topological polar surface area (TPSA) is 40.2 Å². The van der Waals surface area contributed by atoms with Gasteiger partial charge in [0, 0.05) is 6.04 Å². The van der Waals surface area contributed by atoms with Crippen LogP contribution in [0.25, 0.3) is 0 Å². The van der Waals surface area contributed by atoms with E-state index in [2.05, 4.69) is 38.8 Å². The number of furan rings is 1. The van der Waals surface area contributed by atoms with E-state index in [4.69, 9.17) is 4.42 Å². The average Bonchev–Trinajstić information content (AvgIpc) is 2.89. The lowest BCUT2D eigenvalue weighted by atomic mass is 9.68. The quantitative estimate of drug-likeness (QED) is 0.834. The summed E-state index contributed by atoms with van der Waals surface area (Å²) in [6, 6.07) is 6.77. The van der Waals surface area contributed by atoms with Crippen LogP contribution in [-0.2, 0) is 6.54 Å². The average molecular weight is 274 g/mol. The van der Waals surface area contributed by atoms with Gasteiger partial charge in [-0.3, -0.25) is 4.90 Å². The van der Waals surface area contributed by atoms with Gasteiger partial charge in [-0.15, -0.1) is 0 Å². The first-order valence-corrected chi connectivity index (χ1v) is 7.54. The van der Waals surface area contributed by atoms with E-state index < -0.39 is 0 Å². The lowest BCUT2D eigenvalue weighted by Gasteiger charge is -2.43. The summed E-state index contributed by atoms with van der Waals surface area (Å²) in [6.07, 6.45) is 5.02. The van der Waals surface area contributed by atoms with Crippen molar-refractivity contribution in [1.82, 2.24) is 4.90 Å². The standard InChI is InChI=1S/C17H26N2O/c1-17(2,3)14-8-7-13(11-18)16(10-14)19(4)12-15-6-5-9-20-15/h5-6,9,13-14,16H,7-8,10,12H2,1-4H3. The minimum Gasteiger partial charge on any atom is -0.468 e. The van der Waals surface area contributed by atoms with Gasteiger partial charge in [-0.1, -0.05) is 20.8 Å². The smallest absolute Gasteiger partial charge is 0.117 e. The minimum absolute atomic E-state index is 0.147. The Bertz CT molecular complexity index is 452. The van der Waals surface area contributed by atoms with E-state index in [1.807, 2.05) is 12.1 Å². The van der Waals surface area contributed by atoms with E-state index in [0.29, 0.717) is 17.4 Å². The van der Waals surface area contributed by atoms with Crippen LogP contribution < -0.4 is 0 Å². The summed E-state index contributed by atoms with van der Waals surface area (Å²) in [6.45, 7) is 7.72. The van der Waals surface area contributed by atoms with Crippen molar-refractivity contribution >= 4 is 0 Å². The molecule has 3 unspecified atom stereocenters. The molecule has 0 aliphatic heterocycles. The lowest BCUT2D eigenvalue weighted by molar-refractivity contribution is 0.0679. The molecule has 3 heteroatoms. The van der Waals surface area contributed by atoms with Crippen molar-refractivity contribution in [1.29, 1.82) is 5.26 Å². The van der Waals surface area contributed by atoms with E-state index in [1.165, 1.54) is 6.42 Å². The molecule has 2 rings (SSSR count). The number of hydrogen-bond donors (Lipinski definition) is 0. The third-order valence-corrected chi connectivity index (χ3v) is 4.76. The second kappa shape index (κ2) is 6.01. The summed E-state index contributed by atoms with van der Waals surface area (Å²) in [5, 5.41) is 9.43. The molecule has 0 radical (unpaired) electrons. The van der Waals surface area contributed by atoms with Gasteiger partial charge in [-0.25, -0.2) is 0 Å². The van der Waals surface area contributed by atoms with Crippen molar-refractivity contribution in [3.05, 3.63) is 24.2 Å². The highest BCUT2D eigenvalue weighted by molar-refractivity contribution is 5.02. The largest absolute Gasteiger partial charge is 0.468 e. The number of nitrogens with zero attached hydrogens (tertiary/aromatic N) is 2. The summed E-state index contributed by atoms with van der Waals surface area (Å²) >= 11 is 0. The van der Waals surface area contributed by atoms with E-state index in [9.17, 15) is 5.26 Å². The molecule has 1 aromatic heterocycles. The highest BCUT2D eigenvalue weighted by Crippen LogP contribution is 2.41. The van der Waals surface area contributed by atoms with Crippen LogP contribution in [0.15, 0.2) is 22.8 Å². The van der Waals surface area contributed by atoms with Crippen molar-refractivity contribution < 1.29 is 4.42 Å². The molecule has 1 aliphatic carbocycles. The molecule has 1 aliphatic rings. The Morgan fingerprint density at radius 2 is 2.15 bits per heavy atom. The molecule has 1 saturated carbocycles. The fourth-order valence-corrected chi connectivity index (χ4v) is 3.34. The molecule has 20 heavy (non-hydrogen) atoms. The molecule has 0 spiro atoms. The van der Waals surface area contributed by atoms with E-state index in [0.717, 1.165) is 25.1 Å². The zero-order valence-electron chi connectivity index (χ0n) is 13.1. The molecule has 1 heterocycles. The van der Waals surface area contributed by atoms with Gasteiger partial charge < -0.3 is 4.42 Å². The summed E-state index contributed by atoms with van der Waals surface area (Å²) in [4.78, 5) is 2.30. The molecule has 110 valence electrons. The highest BCUT2D eigenvalue weighted by atomic mass is 16.3. The van der Waals surface area contributed by atoms with E-state index in [1.54, 1.807) is 6.26 Å². The van der Waals surface area contributed by atoms with Crippen molar-refractivity contribution in [3.63, 3.8) is 0 Å². The van der Waals surface area contributed by atoms with Gasteiger partial charge in [0.1, 0.15) is 5.76 Å². The monoisotopic (exact) mass is 274 g/mol. The molecule has 1 aromatic rings. The fourth-order valence-electron chi connectivity index (χ4n) is 3.34. The Morgan fingerprint density at radius 1 is 1.40 bits per heavy atom. The van der Waals surface area contributed by atoms with Gasteiger partial charge in [0.15, 0.2) is 0 Å². The SMILES string of the molecule is CN(Cc1ccco1)C1CC(C(C)(C)C)CCC1C#N. The van der Waals surface area contributed by atoms with Crippen molar-refractivity contribution in [2.45, 2.75) is 52.6 Å². The van der Waals surface area contributed by atoms with Crippen LogP contribution in [0.5, 0.6) is 0 Å². The van der Waals surface area contributed by atoms with Crippen LogP contribution in [0.4, 0.5) is 0 Å². The van der Waals surface area contributed by atoms with Gasteiger partial charge in [-0.05, 0) is 49.8 Å². The Hall–Kier alpha value is -1.27. The van der Waals surface area contributed by atoms with Crippen LogP contribution in [-0.4, -0.2) is 18.0 Å². The maximum atomic E-state index is 9.43. The minimum atomic E-state index is 0.147. The van der Waals surface area contributed by atoms with Gasteiger partial charge in [0.2, 0.25) is 0 Å². The number of hydrogen-bond acceptors (Lipinski definition) is 3. The third-order valence-electron chi connectivity index (χ3n) is 4.76. The van der Waals surface area contributed by atoms with Crippen LogP contribution in [0.3, 0.4) is 0 Å². The molecule has 3 nitrogen and oxygen atoms in total. The lowest BCUT2D eigenvalue weighted by Crippen LogP contribution is -2.43. The summed E-state index contributed by atoms with van der Waals surface area (Å²) in [7, 11) is 2.11. The molecule has 0 aromatic carbocycles. The Balaban J connectivity index is 2.07. The molecule has 0 saturated heterocycles. The summed E-state index contributed by atoms with van der Waals surface area (Å²) in [5.74, 6) is 1.81. The Labute approximate surface area is 122 Å². The molecular weight excluding hydrogens is 248 g/mol. The number of rotatable bonds is 3. The fraction of sp³-hybridized carbons (Fsp3) is 0.706. The molecule has 3 atom stereocenters. The van der Waals surface area contributed by atoms with Crippen LogP contribution in [0, 0.1) is 28.6 Å². The predicted molar refractivity (Wildman–Crippen MR) is 79.9 cm³/mol. The molecule has 0 amide bonds. The van der Waals surface area contributed by atoms with Gasteiger partial charge in [-0.2, -0.15) is 5.26 Å². The van der Waals surface area contributed by atoms with Crippen LogP contribution >= 0.6 is 0 Å². The zero-order valence-corrected chi connectivity index (χ0v) is 13.1. The van der Waals surface area contributed by atoms with Gasteiger partial charge in [0.05, 0.1) is 24.8 Å². The Morgan fingerprint density at radius 3 is 2.70 bits per heavy atom. The van der Waals surface area contributed by atoms with Crippen LogP contribution in [0.2, 0.25) is 0 Å². The predicted octanol–water partition coefficient (Wildman–Crippen LogP) is 4.07. The van der Waals surface area contributed by atoms with Crippen molar-refractivity contribution in [2.75, 3.05) is 7.05 Å². The molecule has 0 N–H and O–H groups in total. The zero-order chi connectivity index (χ0) is 14.8. The van der Waals surface area contributed by atoms with Gasteiger partial charge in [0.25, 0.3) is 0 Å². The first-order valence-electron chi connectivity index (χ1n) is 7.54. The highest BCUT2D eigenvalue weighted by Gasteiger charge is 2.37. The first-order chi connectivity index (χ1) is 9.41. The van der Waals surface area contributed by atoms with E-state index >= 15 is 0 Å². The van der Waals surface area contributed by atoms with Crippen molar-refractivity contribution in [3.8, 4) is 6.07 Å². The van der Waals surface area contributed by atoms with Crippen molar-refractivity contribution in [2.24, 2.45) is 17.3 Å². The molecule has 0 bridgehead atoms. The second-order valence-corrected chi connectivity index (χ2v) is 7.17. The molecular formula is C17H26N2O. The van der Waals surface area contributed by atoms with Gasteiger partial charge >= 0.3 is 0 Å². The Kier molecular flexibility index (Phi) is 4.55. The normalized spacial score (nSPS) is 27.5. The maximum Gasteiger partial charge on any atom is 0.117 e. The molecule has 1 fully saturated rings. The summed E-state index contributed by atoms with van der Waals surface area (Å²) in [5.41, 5.74) is 0.324.